The summed E-state index contributed by atoms with van der Waals surface area (Å²) < 4.78 is 6.23. The molecule has 2 aromatic carbocycles. The van der Waals surface area contributed by atoms with Gasteiger partial charge < -0.3 is 9.64 Å². The minimum atomic E-state index is 0.260. The molecule has 1 heterocycles. The highest BCUT2D eigenvalue weighted by molar-refractivity contribution is 9.10. The smallest absolute Gasteiger partial charge is 0.133 e. The second-order valence-corrected chi connectivity index (χ2v) is 6.13. The van der Waals surface area contributed by atoms with Crippen LogP contribution in [0.4, 0.5) is 5.69 Å². The second kappa shape index (κ2) is 6.41. The number of methoxy groups -OCH3 is 1. The van der Waals surface area contributed by atoms with Crippen LogP contribution in [0.2, 0.25) is 0 Å². The van der Waals surface area contributed by atoms with Crippen LogP contribution >= 0.6 is 15.9 Å². The lowest BCUT2D eigenvalue weighted by Crippen LogP contribution is -2.30. The topological polar surface area (TPSA) is 12.5 Å². The van der Waals surface area contributed by atoms with Crippen LogP contribution in [-0.4, -0.2) is 20.2 Å². The molecule has 1 atom stereocenters. The van der Waals surface area contributed by atoms with E-state index in [4.69, 9.17) is 4.74 Å². The summed E-state index contributed by atoms with van der Waals surface area (Å²) in [4.78, 5) is 2.28. The monoisotopic (exact) mass is 355 g/mol. The fourth-order valence-corrected chi connectivity index (χ4v) is 3.19. The summed E-state index contributed by atoms with van der Waals surface area (Å²) >= 11 is 3.52. The number of hydrogen-bond acceptors (Lipinski definition) is 2. The first-order valence-electron chi connectivity index (χ1n) is 7.21. The minimum Gasteiger partial charge on any atom is -0.496 e. The van der Waals surface area contributed by atoms with E-state index in [1.165, 1.54) is 11.3 Å². The zero-order valence-corrected chi connectivity index (χ0v) is 14.2. The van der Waals surface area contributed by atoms with Crippen molar-refractivity contribution < 1.29 is 4.74 Å². The summed E-state index contributed by atoms with van der Waals surface area (Å²) in [6, 6.07) is 14.8. The number of nitrogens with zero attached hydrogens (tertiary/aromatic N) is 1. The molecule has 0 saturated carbocycles. The molecule has 2 aromatic rings. The average Bonchev–Trinajstić information content (AvgIpc) is 2.55. The van der Waals surface area contributed by atoms with Gasteiger partial charge in [-0.1, -0.05) is 48.6 Å². The van der Waals surface area contributed by atoms with Gasteiger partial charge in [0.2, 0.25) is 0 Å². The summed E-state index contributed by atoms with van der Waals surface area (Å²) in [6.07, 6.45) is 8.76. The lowest BCUT2D eigenvalue weighted by Gasteiger charge is -2.30. The van der Waals surface area contributed by atoms with Gasteiger partial charge in [-0.25, -0.2) is 0 Å². The SMILES string of the molecule is COc1ccc(/C=C/C2C=Cc3ccccc3N2C)cc1Br. The quantitative estimate of drug-likeness (QED) is 0.767. The van der Waals surface area contributed by atoms with Crippen molar-refractivity contribution in [1.82, 2.24) is 0 Å². The number of ether oxygens (including phenoxy) is 1. The zero-order valence-electron chi connectivity index (χ0n) is 12.7. The molecule has 1 aliphatic heterocycles. The Balaban J connectivity index is 1.81. The third kappa shape index (κ3) is 2.95. The van der Waals surface area contributed by atoms with E-state index in [0.717, 1.165) is 15.8 Å². The summed E-state index contributed by atoms with van der Waals surface area (Å²) in [5.74, 6) is 0.848. The fraction of sp³-hybridized carbons (Fsp3) is 0.158. The summed E-state index contributed by atoms with van der Waals surface area (Å²) in [5.41, 5.74) is 3.67. The molecule has 3 heteroatoms. The Hall–Kier alpha value is -2.00. The Kier molecular flexibility index (Phi) is 4.34. The molecule has 2 nitrogen and oxygen atoms in total. The Morgan fingerprint density at radius 2 is 2.00 bits per heavy atom. The molecule has 0 radical (unpaired) electrons. The van der Waals surface area contributed by atoms with Crippen molar-refractivity contribution in [2.45, 2.75) is 6.04 Å². The molecule has 0 aliphatic carbocycles. The van der Waals surface area contributed by atoms with Gasteiger partial charge in [-0.15, -0.1) is 0 Å². The van der Waals surface area contributed by atoms with Gasteiger partial charge in [0.25, 0.3) is 0 Å². The number of hydrogen-bond donors (Lipinski definition) is 0. The van der Waals surface area contributed by atoms with E-state index in [1.54, 1.807) is 7.11 Å². The Labute approximate surface area is 139 Å². The predicted molar refractivity (Wildman–Crippen MR) is 97.4 cm³/mol. The highest BCUT2D eigenvalue weighted by atomic mass is 79.9. The molecule has 0 N–H and O–H groups in total. The van der Waals surface area contributed by atoms with Crippen molar-refractivity contribution in [2.75, 3.05) is 19.1 Å². The van der Waals surface area contributed by atoms with E-state index >= 15 is 0 Å². The van der Waals surface area contributed by atoms with E-state index in [9.17, 15) is 0 Å². The average molecular weight is 356 g/mol. The molecule has 112 valence electrons. The third-order valence-electron chi connectivity index (χ3n) is 3.90. The normalized spacial score (nSPS) is 16.9. The van der Waals surface area contributed by atoms with Crippen LogP contribution in [0.25, 0.3) is 12.2 Å². The van der Waals surface area contributed by atoms with Crippen LogP contribution in [0, 0.1) is 0 Å². The van der Waals surface area contributed by atoms with Crippen LogP contribution in [0.3, 0.4) is 0 Å². The van der Waals surface area contributed by atoms with Gasteiger partial charge >= 0.3 is 0 Å². The van der Waals surface area contributed by atoms with Crippen molar-refractivity contribution >= 4 is 33.8 Å². The lowest BCUT2D eigenvalue weighted by atomic mass is 10.0. The number of rotatable bonds is 3. The van der Waals surface area contributed by atoms with Gasteiger partial charge in [0.05, 0.1) is 17.6 Å². The lowest BCUT2D eigenvalue weighted by molar-refractivity contribution is 0.412. The molecular formula is C19H18BrNO. The van der Waals surface area contributed by atoms with Crippen LogP contribution in [0.5, 0.6) is 5.75 Å². The van der Waals surface area contributed by atoms with Crippen molar-refractivity contribution in [3.05, 3.63) is 70.2 Å². The zero-order chi connectivity index (χ0) is 15.5. The molecule has 22 heavy (non-hydrogen) atoms. The largest absolute Gasteiger partial charge is 0.496 e. The maximum atomic E-state index is 5.26. The Bertz CT molecular complexity index is 736. The Morgan fingerprint density at radius 1 is 1.18 bits per heavy atom. The van der Waals surface area contributed by atoms with E-state index in [1.807, 2.05) is 6.07 Å². The van der Waals surface area contributed by atoms with Crippen molar-refractivity contribution in [3.63, 3.8) is 0 Å². The predicted octanol–water partition coefficient (Wildman–Crippen LogP) is 5.00. The number of halogens is 1. The van der Waals surface area contributed by atoms with Crippen molar-refractivity contribution in [1.29, 1.82) is 0 Å². The maximum Gasteiger partial charge on any atom is 0.133 e. The van der Waals surface area contributed by atoms with E-state index in [-0.39, 0.29) is 6.04 Å². The number of anilines is 1. The number of benzene rings is 2. The third-order valence-corrected chi connectivity index (χ3v) is 4.52. The fourth-order valence-electron chi connectivity index (χ4n) is 2.63. The summed E-state index contributed by atoms with van der Waals surface area (Å²) in [6.45, 7) is 0. The summed E-state index contributed by atoms with van der Waals surface area (Å²) in [5, 5.41) is 0. The van der Waals surface area contributed by atoms with Gasteiger partial charge in [-0.3, -0.25) is 0 Å². The molecule has 1 aliphatic rings. The highest BCUT2D eigenvalue weighted by Crippen LogP contribution is 2.29. The maximum absolute atomic E-state index is 5.26. The first-order chi connectivity index (χ1) is 10.7. The second-order valence-electron chi connectivity index (χ2n) is 5.27. The van der Waals surface area contributed by atoms with Gasteiger partial charge in [0.15, 0.2) is 0 Å². The first kappa shape index (κ1) is 14.9. The molecule has 3 rings (SSSR count). The number of para-hydroxylation sites is 1. The van der Waals surface area contributed by atoms with Gasteiger partial charge in [-0.05, 0) is 45.3 Å². The Morgan fingerprint density at radius 3 is 2.77 bits per heavy atom. The van der Waals surface area contributed by atoms with Crippen LogP contribution in [0.15, 0.2) is 59.1 Å². The molecule has 1 unspecified atom stereocenters. The summed E-state index contributed by atoms with van der Waals surface area (Å²) in [7, 11) is 3.80. The number of fused-ring (bicyclic) bond motifs is 1. The van der Waals surface area contributed by atoms with E-state index in [0.29, 0.717) is 0 Å². The molecule has 0 amide bonds. The molecule has 0 aromatic heterocycles. The molecular weight excluding hydrogens is 338 g/mol. The molecule has 0 saturated heterocycles. The van der Waals surface area contributed by atoms with Gasteiger partial charge in [0.1, 0.15) is 5.75 Å². The van der Waals surface area contributed by atoms with E-state index in [2.05, 4.69) is 88.6 Å². The number of likely N-dealkylation sites (N-methyl/N-ethyl adjacent to an activating group) is 1. The van der Waals surface area contributed by atoms with Crippen LogP contribution < -0.4 is 9.64 Å². The van der Waals surface area contributed by atoms with Gasteiger partial charge in [-0.2, -0.15) is 0 Å². The van der Waals surface area contributed by atoms with Crippen molar-refractivity contribution in [3.8, 4) is 5.75 Å². The molecule has 0 spiro atoms. The standard InChI is InChI=1S/C19H18BrNO/c1-21-16(11-9-15-5-3-4-6-18(15)21)10-7-14-8-12-19(22-2)17(20)13-14/h3-13,16H,1-2H3/b10-7+. The molecule has 0 fully saturated rings. The minimum absolute atomic E-state index is 0.260. The van der Waals surface area contributed by atoms with Gasteiger partial charge in [0, 0.05) is 12.7 Å². The molecule has 0 bridgehead atoms. The van der Waals surface area contributed by atoms with Crippen LogP contribution in [-0.2, 0) is 0 Å². The van der Waals surface area contributed by atoms with Crippen molar-refractivity contribution in [2.24, 2.45) is 0 Å². The van der Waals surface area contributed by atoms with E-state index < -0.39 is 0 Å². The first-order valence-corrected chi connectivity index (χ1v) is 8.00. The van der Waals surface area contributed by atoms with Crippen LogP contribution in [0.1, 0.15) is 11.1 Å². The highest BCUT2D eigenvalue weighted by Gasteiger charge is 2.15.